The molecule has 0 bridgehead atoms. The van der Waals surface area contributed by atoms with Gasteiger partial charge in [0, 0.05) is 6.16 Å². The summed E-state index contributed by atoms with van der Waals surface area (Å²) in [6, 6.07) is 10.4. The van der Waals surface area contributed by atoms with Gasteiger partial charge in [0.25, 0.3) is 0 Å². The van der Waals surface area contributed by atoms with Crippen molar-refractivity contribution >= 4 is 8.46 Å². The summed E-state index contributed by atoms with van der Waals surface area (Å²) >= 11 is 0. The number of hydrogen-bond acceptors (Lipinski definition) is 1. The van der Waals surface area contributed by atoms with E-state index in [2.05, 4.69) is 24.3 Å². The van der Waals surface area contributed by atoms with E-state index in [4.69, 9.17) is 0 Å². The molecule has 1 nitrogen and oxygen atoms in total. The van der Waals surface area contributed by atoms with Gasteiger partial charge >= 0.3 is 0 Å². The predicted molar refractivity (Wildman–Crippen MR) is 53.2 cm³/mol. The SMILES string of the molecule is O=[PH]CCCCc1ccccc1. The Morgan fingerprint density at radius 3 is 2.50 bits per heavy atom. The van der Waals surface area contributed by atoms with Gasteiger partial charge in [-0.1, -0.05) is 30.3 Å². The van der Waals surface area contributed by atoms with Crippen LogP contribution < -0.4 is 0 Å². The van der Waals surface area contributed by atoms with E-state index in [1.807, 2.05) is 6.07 Å². The van der Waals surface area contributed by atoms with Gasteiger partial charge in [-0.2, -0.15) is 0 Å². The van der Waals surface area contributed by atoms with Crippen molar-refractivity contribution in [3.8, 4) is 0 Å². The summed E-state index contributed by atoms with van der Waals surface area (Å²) in [7, 11) is -0.125. The van der Waals surface area contributed by atoms with Crippen LogP contribution in [0.25, 0.3) is 0 Å². The molecule has 1 radical (unpaired) electrons. The molecule has 0 aromatic heterocycles. The van der Waals surface area contributed by atoms with Gasteiger partial charge in [-0.3, -0.25) is 4.57 Å². The number of rotatable bonds is 5. The summed E-state index contributed by atoms with van der Waals surface area (Å²) in [6.07, 6.45) is 4.20. The van der Waals surface area contributed by atoms with Crippen LogP contribution in [0.3, 0.4) is 0 Å². The van der Waals surface area contributed by atoms with E-state index in [0.717, 1.165) is 25.4 Å². The molecule has 0 amide bonds. The molecular formula is C10H14OP. The van der Waals surface area contributed by atoms with Crippen LogP contribution in [0.15, 0.2) is 30.3 Å². The number of benzene rings is 1. The molecule has 1 atom stereocenters. The molecular weight excluding hydrogens is 167 g/mol. The zero-order valence-electron chi connectivity index (χ0n) is 7.12. The Balaban J connectivity index is 2.20. The van der Waals surface area contributed by atoms with E-state index in [1.165, 1.54) is 5.56 Å². The van der Waals surface area contributed by atoms with Crippen molar-refractivity contribution in [1.29, 1.82) is 0 Å². The maximum atomic E-state index is 10.2. The van der Waals surface area contributed by atoms with Crippen molar-refractivity contribution in [2.45, 2.75) is 19.3 Å². The van der Waals surface area contributed by atoms with Crippen molar-refractivity contribution in [2.24, 2.45) is 0 Å². The summed E-state index contributed by atoms with van der Waals surface area (Å²) in [5, 5.41) is 0. The highest BCUT2D eigenvalue weighted by molar-refractivity contribution is 7.23. The largest absolute Gasteiger partial charge is 0.291 e. The highest BCUT2D eigenvalue weighted by Crippen LogP contribution is 2.06. The zero-order valence-corrected chi connectivity index (χ0v) is 8.12. The van der Waals surface area contributed by atoms with Crippen molar-refractivity contribution in [2.75, 3.05) is 6.16 Å². The number of aryl methyl sites for hydroxylation is 1. The average Bonchev–Trinajstić information content (AvgIpc) is 2.14. The molecule has 12 heavy (non-hydrogen) atoms. The molecule has 1 aromatic carbocycles. The monoisotopic (exact) mass is 181 g/mol. The molecule has 0 heterocycles. The minimum Gasteiger partial charge on any atom is -0.291 e. The smallest absolute Gasteiger partial charge is 0.0581 e. The Bertz CT molecular complexity index is 221. The lowest BCUT2D eigenvalue weighted by atomic mass is 10.1. The third-order valence-corrected chi connectivity index (χ3v) is 2.39. The summed E-state index contributed by atoms with van der Waals surface area (Å²) in [5.41, 5.74) is 1.38. The fourth-order valence-corrected chi connectivity index (χ4v) is 1.57. The molecule has 0 N–H and O–H groups in total. The Morgan fingerprint density at radius 1 is 1.08 bits per heavy atom. The topological polar surface area (TPSA) is 17.1 Å². The van der Waals surface area contributed by atoms with E-state index in [1.54, 1.807) is 0 Å². The van der Waals surface area contributed by atoms with Crippen molar-refractivity contribution in [3.63, 3.8) is 0 Å². The van der Waals surface area contributed by atoms with Crippen molar-refractivity contribution < 1.29 is 4.57 Å². The first-order valence-corrected chi connectivity index (χ1v) is 5.44. The first kappa shape index (κ1) is 9.41. The average molecular weight is 181 g/mol. The Morgan fingerprint density at radius 2 is 1.83 bits per heavy atom. The van der Waals surface area contributed by atoms with Crippen LogP contribution in [-0.2, 0) is 11.0 Å². The molecule has 0 spiro atoms. The maximum Gasteiger partial charge on any atom is 0.0581 e. The molecule has 1 rings (SSSR count). The minimum absolute atomic E-state index is 0.125. The third-order valence-electron chi connectivity index (χ3n) is 1.84. The van der Waals surface area contributed by atoms with E-state index in [9.17, 15) is 4.57 Å². The standard InChI is InChI=1S/C10H14OP/c11-12-9-5-4-8-10-6-2-1-3-7-10/h1-3,6-7,12H,4-5,8-9H2. The van der Waals surface area contributed by atoms with Crippen LogP contribution in [0.4, 0.5) is 0 Å². The Labute approximate surface area is 75.0 Å². The lowest BCUT2D eigenvalue weighted by Gasteiger charge is -1.97. The summed E-state index contributed by atoms with van der Waals surface area (Å²) in [5.74, 6) is 0. The van der Waals surface area contributed by atoms with Crippen LogP contribution >= 0.6 is 8.46 Å². The summed E-state index contributed by atoms with van der Waals surface area (Å²) < 4.78 is 10.2. The molecule has 65 valence electrons. The summed E-state index contributed by atoms with van der Waals surface area (Å²) in [4.78, 5) is 0. The van der Waals surface area contributed by atoms with E-state index >= 15 is 0 Å². The first-order valence-electron chi connectivity index (χ1n) is 4.32. The zero-order chi connectivity index (χ0) is 8.65. The minimum atomic E-state index is -0.125. The number of unbranched alkanes of at least 4 members (excludes halogenated alkanes) is 1. The third kappa shape index (κ3) is 3.64. The second kappa shape index (κ2) is 5.91. The molecule has 0 saturated carbocycles. The van der Waals surface area contributed by atoms with E-state index in [0.29, 0.717) is 0 Å². The predicted octanol–water partition coefficient (Wildman–Crippen LogP) is 3.03. The first-order chi connectivity index (χ1) is 5.93. The van der Waals surface area contributed by atoms with Crippen molar-refractivity contribution in [3.05, 3.63) is 35.9 Å². The Hall–Kier alpha value is -0.680. The van der Waals surface area contributed by atoms with Crippen LogP contribution in [-0.4, -0.2) is 6.16 Å². The molecule has 0 aliphatic rings. The highest BCUT2D eigenvalue weighted by Gasteiger charge is 1.90. The molecule has 2 heteroatoms. The molecule has 0 aliphatic heterocycles. The lowest BCUT2D eigenvalue weighted by Crippen LogP contribution is -1.84. The summed E-state index contributed by atoms with van der Waals surface area (Å²) in [6.45, 7) is 0. The van der Waals surface area contributed by atoms with Gasteiger partial charge in [-0.15, -0.1) is 0 Å². The van der Waals surface area contributed by atoms with Gasteiger partial charge in [-0.05, 0) is 24.8 Å². The van der Waals surface area contributed by atoms with Gasteiger partial charge < -0.3 is 0 Å². The van der Waals surface area contributed by atoms with E-state index < -0.39 is 0 Å². The molecule has 1 aromatic rings. The number of hydrogen-bond donors (Lipinski definition) is 0. The molecule has 0 fully saturated rings. The Kier molecular flexibility index (Phi) is 4.63. The second-order valence-electron chi connectivity index (χ2n) is 2.84. The maximum absolute atomic E-state index is 10.2. The van der Waals surface area contributed by atoms with Crippen LogP contribution in [0.1, 0.15) is 18.4 Å². The molecule has 0 saturated heterocycles. The van der Waals surface area contributed by atoms with Crippen molar-refractivity contribution in [1.82, 2.24) is 0 Å². The highest BCUT2D eigenvalue weighted by atomic mass is 31.1. The fraction of sp³-hybridized carbons (Fsp3) is 0.400. The van der Waals surface area contributed by atoms with Gasteiger partial charge in [0.1, 0.15) is 0 Å². The van der Waals surface area contributed by atoms with Crippen LogP contribution in [0, 0.1) is 0 Å². The molecule has 0 aliphatic carbocycles. The van der Waals surface area contributed by atoms with Crippen LogP contribution in [0.2, 0.25) is 0 Å². The van der Waals surface area contributed by atoms with Gasteiger partial charge in [0.2, 0.25) is 0 Å². The molecule has 1 unspecified atom stereocenters. The van der Waals surface area contributed by atoms with Crippen LogP contribution in [0.5, 0.6) is 0 Å². The van der Waals surface area contributed by atoms with Gasteiger partial charge in [0.05, 0.1) is 8.46 Å². The quantitative estimate of drug-likeness (QED) is 0.504. The lowest BCUT2D eigenvalue weighted by molar-refractivity contribution is 0.596. The van der Waals surface area contributed by atoms with E-state index in [-0.39, 0.29) is 8.46 Å². The van der Waals surface area contributed by atoms with Gasteiger partial charge in [-0.25, -0.2) is 0 Å². The fourth-order valence-electron chi connectivity index (χ4n) is 1.17. The second-order valence-corrected chi connectivity index (χ2v) is 3.63. The normalized spacial score (nSPS) is 10.3. The van der Waals surface area contributed by atoms with Gasteiger partial charge in [0.15, 0.2) is 0 Å².